The molecule has 1 saturated carbocycles. The second-order valence-electron chi connectivity index (χ2n) is 5.18. The van der Waals surface area contributed by atoms with Crippen LogP contribution in [0.15, 0.2) is 24.3 Å². The van der Waals surface area contributed by atoms with E-state index in [0.717, 1.165) is 12.5 Å². The molecule has 2 rings (SSSR count). The molecule has 0 radical (unpaired) electrons. The van der Waals surface area contributed by atoms with Crippen LogP contribution in [0, 0.1) is 12.8 Å². The number of benzene rings is 1. The van der Waals surface area contributed by atoms with Crippen LogP contribution in [-0.2, 0) is 0 Å². The van der Waals surface area contributed by atoms with Gasteiger partial charge in [0.05, 0.1) is 0 Å². The van der Waals surface area contributed by atoms with Gasteiger partial charge >= 0.3 is 0 Å². The van der Waals surface area contributed by atoms with Crippen molar-refractivity contribution in [3.8, 4) is 0 Å². The van der Waals surface area contributed by atoms with Crippen LogP contribution in [0.1, 0.15) is 49.8 Å². The third kappa shape index (κ3) is 3.64. The molecule has 88 valence electrons. The summed E-state index contributed by atoms with van der Waals surface area (Å²) in [5, 5.41) is 3.61. The molecule has 0 bridgehead atoms. The van der Waals surface area contributed by atoms with Gasteiger partial charge in [-0.1, -0.05) is 42.7 Å². The van der Waals surface area contributed by atoms with Crippen LogP contribution >= 0.6 is 0 Å². The summed E-state index contributed by atoms with van der Waals surface area (Å²) in [5.41, 5.74) is 2.76. The van der Waals surface area contributed by atoms with Crippen LogP contribution in [-0.4, -0.2) is 6.54 Å². The maximum Gasteiger partial charge on any atom is 0.0291 e. The number of nitrogens with one attached hydrogen (secondary N) is 1. The topological polar surface area (TPSA) is 12.0 Å². The molecule has 1 N–H and O–H groups in total. The molecule has 1 aromatic carbocycles. The first-order chi connectivity index (χ1) is 7.75. The third-order valence-electron chi connectivity index (χ3n) is 3.48. The minimum Gasteiger partial charge on any atom is -0.310 e. The summed E-state index contributed by atoms with van der Waals surface area (Å²) in [5.74, 6) is 1.07. The molecule has 1 fully saturated rings. The minimum atomic E-state index is 0.485. The third-order valence-corrected chi connectivity index (χ3v) is 3.48. The van der Waals surface area contributed by atoms with E-state index in [0.29, 0.717) is 6.04 Å². The Hall–Kier alpha value is -0.820. The zero-order chi connectivity index (χ0) is 11.4. The lowest BCUT2D eigenvalue weighted by molar-refractivity contribution is 0.533. The Morgan fingerprint density at radius 1 is 1.38 bits per heavy atom. The second-order valence-corrected chi connectivity index (χ2v) is 5.18. The fourth-order valence-corrected chi connectivity index (χ4v) is 2.17. The fourth-order valence-electron chi connectivity index (χ4n) is 2.17. The van der Waals surface area contributed by atoms with E-state index >= 15 is 0 Å². The molecule has 0 aliphatic heterocycles. The molecule has 0 spiro atoms. The molecule has 0 amide bonds. The highest BCUT2D eigenvalue weighted by Gasteiger charge is 2.20. The molecule has 1 aliphatic rings. The first-order valence-corrected chi connectivity index (χ1v) is 6.55. The van der Waals surface area contributed by atoms with E-state index in [1.54, 1.807) is 0 Å². The van der Waals surface area contributed by atoms with Crippen LogP contribution in [0.4, 0.5) is 0 Å². The summed E-state index contributed by atoms with van der Waals surface area (Å²) in [6.07, 6.45) is 5.72. The van der Waals surface area contributed by atoms with Gasteiger partial charge in [-0.3, -0.25) is 0 Å². The lowest BCUT2D eigenvalue weighted by atomic mass is 10.1. The number of hydrogen-bond donors (Lipinski definition) is 1. The average Bonchev–Trinajstić information content (AvgIpc) is 3.08. The summed E-state index contributed by atoms with van der Waals surface area (Å²) in [7, 11) is 0. The van der Waals surface area contributed by atoms with E-state index < -0.39 is 0 Å². The van der Waals surface area contributed by atoms with Gasteiger partial charge in [-0.05, 0) is 44.7 Å². The van der Waals surface area contributed by atoms with E-state index in [2.05, 4.69) is 43.4 Å². The smallest absolute Gasteiger partial charge is 0.0291 e. The normalized spacial score (nSPS) is 17.4. The van der Waals surface area contributed by atoms with Gasteiger partial charge in [0.1, 0.15) is 0 Å². The van der Waals surface area contributed by atoms with Gasteiger partial charge in [0.2, 0.25) is 0 Å². The standard InChI is InChI=1S/C15H23N/c1-12-5-3-7-15(11-12)13(2)16-10-4-6-14-8-9-14/h3,5,7,11,13-14,16H,4,6,8-10H2,1-2H3. The van der Waals surface area contributed by atoms with Crippen molar-refractivity contribution in [2.45, 2.75) is 45.6 Å². The van der Waals surface area contributed by atoms with Crippen molar-refractivity contribution in [3.63, 3.8) is 0 Å². The molecule has 0 saturated heterocycles. The van der Waals surface area contributed by atoms with Crippen LogP contribution in [0.3, 0.4) is 0 Å². The summed E-state index contributed by atoms with van der Waals surface area (Å²) < 4.78 is 0. The largest absolute Gasteiger partial charge is 0.310 e. The molecule has 1 atom stereocenters. The van der Waals surface area contributed by atoms with Crippen molar-refractivity contribution in [2.75, 3.05) is 6.54 Å². The monoisotopic (exact) mass is 217 g/mol. The predicted octanol–water partition coefficient (Wildman–Crippen LogP) is 3.84. The Labute approximate surface area is 99.3 Å². The highest BCUT2D eigenvalue weighted by molar-refractivity contribution is 5.24. The predicted molar refractivity (Wildman–Crippen MR) is 69.6 cm³/mol. The minimum absolute atomic E-state index is 0.485. The van der Waals surface area contributed by atoms with Crippen LogP contribution in [0.2, 0.25) is 0 Å². The molecular weight excluding hydrogens is 194 g/mol. The van der Waals surface area contributed by atoms with Crippen molar-refractivity contribution in [2.24, 2.45) is 5.92 Å². The van der Waals surface area contributed by atoms with E-state index in [1.807, 2.05) is 0 Å². The first-order valence-electron chi connectivity index (χ1n) is 6.55. The molecule has 1 nitrogen and oxygen atoms in total. The van der Waals surface area contributed by atoms with Gasteiger partial charge in [-0.15, -0.1) is 0 Å². The van der Waals surface area contributed by atoms with Crippen molar-refractivity contribution in [1.29, 1.82) is 0 Å². The van der Waals surface area contributed by atoms with Gasteiger partial charge in [0.25, 0.3) is 0 Å². The van der Waals surface area contributed by atoms with E-state index in [4.69, 9.17) is 0 Å². The van der Waals surface area contributed by atoms with Crippen molar-refractivity contribution >= 4 is 0 Å². The van der Waals surface area contributed by atoms with Crippen molar-refractivity contribution < 1.29 is 0 Å². The Kier molecular flexibility index (Phi) is 4.00. The molecule has 1 aromatic rings. The first kappa shape index (κ1) is 11.7. The lowest BCUT2D eigenvalue weighted by Crippen LogP contribution is -2.19. The Bertz CT molecular complexity index is 328. The van der Waals surface area contributed by atoms with Gasteiger partial charge in [-0.25, -0.2) is 0 Å². The molecular formula is C15H23N. The van der Waals surface area contributed by atoms with E-state index in [-0.39, 0.29) is 0 Å². The maximum atomic E-state index is 3.61. The summed E-state index contributed by atoms with van der Waals surface area (Å²) in [6.45, 7) is 5.57. The zero-order valence-corrected chi connectivity index (χ0v) is 10.5. The Morgan fingerprint density at radius 3 is 2.88 bits per heavy atom. The van der Waals surface area contributed by atoms with Gasteiger partial charge in [0, 0.05) is 6.04 Å². The Morgan fingerprint density at radius 2 is 2.19 bits per heavy atom. The van der Waals surface area contributed by atoms with Crippen molar-refractivity contribution in [3.05, 3.63) is 35.4 Å². The van der Waals surface area contributed by atoms with Crippen LogP contribution in [0.25, 0.3) is 0 Å². The molecule has 0 aromatic heterocycles. The van der Waals surface area contributed by atoms with Gasteiger partial charge in [0.15, 0.2) is 0 Å². The summed E-state index contributed by atoms with van der Waals surface area (Å²) in [4.78, 5) is 0. The lowest BCUT2D eigenvalue weighted by Gasteiger charge is -2.14. The molecule has 1 aliphatic carbocycles. The molecule has 1 heteroatoms. The quantitative estimate of drug-likeness (QED) is 0.714. The summed E-state index contributed by atoms with van der Waals surface area (Å²) in [6, 6.07) is 9.28. The van der Waals surface area contributed by atoms with E-state index in [1.165, 1.54) is 36.8 Å². The zero-order valence-electron chi connectivity index (χ0n) is 10.5. The second kappa shape index (κ2) is 5.49. The SMILES string of the molecule is Cc1cccc(C(C)NCCCC2CC2)c1. The Balaban J connectivity index is 1.71. The molecule has 16 heavy (non-hydrogen) atoms. The van der Waals surface area contributed by atoms with E-state index in [9.17, 15) is 0 Å². The number of hydrogen-bond acceptors (Lipinski definition) is 1. The fraction of sp³-hybridized carbons (Fsp3) is 0.600. The number of aryl methyl sites for hydroxylation is 1. The highest BCUT2D eigenvalue weighted by atomic mass is 14.9. The van der Waals surface area contributed by atoms with Crippen LogP contribution < -0.4 is 5.32 Å². The summed E-state index contributed by atoms with van der Waals surface area (Å²) >= 11 is 0. The van der Waals surface area contributed by atoms with Crippen LogP contribution in [0.5, 0.6) is 0 Å². The highest BCUT2D eigenvalue weighted by Crippen LogP contribution is 2.33. The molecule has 0 heterocycles. The van der Waals surface area contributed by atoms with Crippen molar-refractivity contribution in [1.82, 2.24) is 5.32 Å². The van der Waals surface area contributed by atoms with Gasteiger partial charge < -0.3 is 5.32 Å². The molecule has 1 unspecified atom stereocenters. The maximum absolute atomic E-state index is 3.61. The number of rotatable bonds is 6. The van der Waals surface area contributed by atoms with Gasteiger partial charge in [-0.2, -0.15) is 0 Å². The average molecular weight is 217 g/mol.